The van der Waals surface area contributed by atoms with Crippen LogP contribution in [0.3, 0.4) is 0 Å². The lowest BCUT2D eigenvalue weighted by Gasteiger charge is -2.18. The van der Waals surface area contributed by atoms with Gasteiger partial charge < -0.3 is 14.2 Å². The van der Waals surface area contributed by atoms with Crippen LogP contribution in [0, 0.1) is 0 Å². The Morgan fingerprint density at radius 2 is 0.500 bits per heavy atom. The average molecular weight is 1090 g/mol. The van der Waals surface area contributed by atoms with Gasteiger partial charge in [0, 0.05) is 19.3 Å². The van der Waals surface area contributed by atoms with Crippen molar-refractivity contribution in [1.29, 1.82) is 0 Å². The Balaban J connectivity index is 4.29. The fraction of sp³-hybridized carbons (Fsp3) is 0.847. The maximum atomic E-state index is 12.9. The summed E-state index contributed by atoms with van der Waals surface area (Å²) in [5, 5.41) is 0. The van der Waals surface area contributed by atoms with Gasteiger partial charge >= 0.3 is 17.9 Å². The molecular weight excluding hydrogens is 961 g/mol. The van der Waals surface area contributed by atoms with Gasteiger partial charge in [-0.2, -0.15) is 0 Å². The number of carbonyl (C=O) groups is 3. The monoisotopic (exact) mass is 1090 g/mol. The molecule has 0 aromatic heterocycles. The van der Waals surface area contributed by atoms with Crippen LogP contribution in [-0.2, 0) is 28.6 Å². The van der Waals surface area contributed by atoms with Crippen molar-refractivity contribution in [3.05, 3.63) is 48.6 Å². The average Bonchev–Trinajstić information content (AvgIpc) is 3.44. The minimum Gasteiger partial charge on any atom is -0.462 e. The standard InChI is InChI=1S/C72H132O6/c1-4-7-10-13-16-19-22-25-28-31-33-34-35-36-37-38-39-42-44-47-50-53-56-59-62-65-71(74)77-68-69(67-76-70(73)64-61-58-55-52-49-46-43-40-30-27-24-21-18-15-12-9-6-3)78-72(75)66-63-60-57-54-51-48-45-41-32-29-26-23-20-17-14-11-8-5-2/h9,12,18,21,27,30,43,46,69H,4-8,10-11,13-17,19-20,22-26,28-29,31-42,44-45,47-68H2,1-3H3/b12-9-,21-18-,30-27-,46-43-. The van der Waals surface area contributed by atoms with Gasteiger partial charge in [-0.25, -0.2) is 0 Å². The highest BCUT2D eigenvalue weighted by atomic mass is 16.6. The van der Waals surface area contributed by atoms with Crippen LogP contribution < -0.4 is 0 Å². The Hall–Kier alpha value is -2.63. The topological polar surface area (TPSA) is 78.9 Å². The quantitative estimate of drug-likeness (QED) is 0.0261. The first-order chi connectivity index (χ1) is 38.5. The van der Waals surface area contributed by atoms with Gasteiger partial charge in [0.2, 0.25) is 0 Å². The van der Waals surface area contributed by atoms with Crippen LogP contribution in [0.4, 0.5) is 0 Å². The van der Waals surface area contributed by atoms with E-state index >= 15 is 0 Å². The second kappa shape index (κ2) is 66.9. The second-order valence-corrected chi connectivity index (χ2v) is 23.4. The lowest BCUT2D eigenvalue weighted by molar-refractivity contribution is -0.167. The van der Waals surface area contributed by atoms with Gasteiger partial charge in [-0.3, -0.25) is 14.4 Å². The van der Waals surface area contributed by atoms with E-state index in [2.05, 4.69) is 69.4 Å². The molecule has 0 saturated heterocycles. The van der Waals surface area contributed by atoms with Crippen molar-refractivity contribution in [1.82, 2.24) is 0 Å². The number of rotatable bonds is 64. The molecule has 1 atom stereocenters. The van der Waals surface area contributed by atoms with Gasteiger partial charge in [-0.05, 0) is 57.8 Å². The largest absolute Gasteiger partial charge is 0.462 e. The molecule has 0 saturated carbocycles. The number of hydrogen-bond donors (Lipinski definition) is 0. The minimum atomic E-state index is -0.781. The number of carbonyl (C=O) groups excluding carboxylic acids is 3. The van der Waals surface area contributed by atoms with Gasteiger partial charge in [-0.15, -0.1) is 0 Å². The van der Waals surface area contributed by atoms with E-state index in [1.807, 2.05) is 0 Å². The third-order valence-electron chi connectivity index (χ3n) is 15.6. The summed E-state index contributed by atoms with van der Waals surface area (Å²) in [6.07, 6.45) is 84.2. The van der Waals surface area contributed by atoms with Crippen LogP contribution >= 0.6 is 0 Å². The van der Waals surface area contributed by atoms with Crippen LogP contribution in [0.1, 0.15) is 374 Å². The summed E-state index contributed by atoms with van der Waals surface area (Å²) in [6, 6.07) is 0. The van der Waals surface area contributed by atoms with E-state index in [1.54, 1.807) is 0 Å². The van der Waals surface area contributed by atoms with E-state index in [4.69, 9.17) is 14.2 Å². The maximum Gasteiger partial charge on any atom is 0.306 e. The molecule has 0 N–H and O–H groups in total. The zero-order valence-electron chi connectivity index (χ0n) is 52.5. The molecule has 0 amide bonds. The Morgan fingerprint density at radius 3 is 0.782 bits per heavy atom. The molecule has 0 radical (unpaired) electrons. The summed E-state index contributed by atoms with van der Waals surface area (Å²) in [5.74, 6) is -0.873. The number of allylic oxidation sites excluding steroid dienone is 8. The molecule has 0 rings (SSSR count). The van der Waals surface area contributed by atoms with E-state index in [-0.39, 0.29) is 31.1 Å². The molecule has 0 bridgehead atoms. The first-order valence-corrected chi connectivity index (χ1v) is 34.6. The number of unbranched alkanes of at least 4 members (excludes halogenated alkanes) is 45. The van der Waals surface area contributed by atoms with Crippen LogP contribution in [0.15, 0.2) is 48.6 Å². The lowest BCUT2D eigenvalue weighted by atomic mass is 10.0. The van der Waals surface area contributed by atoms with E-state index < -0.39 is 6.10 Å². The van der Waals surface area contributed by atoms with Gasteiger partial charge in [-0.1, -0.05) is 345 Å². The molecule has 78 heavy (non-hydrogen) atoms. The number of hydrogen-bond acceptors (Lipinski definition) is 6. The van der Waals surface area contributed by atoms with Crippen molar-refractivity contribution >= 4 is 17.9 Å². The van der Waals surface area contributed by atoms with Gasteiger partial charge in [0.15, 0.2) is 6.10 Å². The first-order valence-electron chi connectivity index (χ1n) is 34.6. The third kappa shape index (κ3) is 64.2. The molecule has 0 heterocycles. The van der Waals surface area contributed by atoms with Crippen LogP contribution in [0.5, 0.6) is 0 Å². The third-order valence-corrected chi connectivity index (χ3v) is 15.6. The fourth-order valence-corrected chi connectivity index (χ4v) is 10.4. The second-order valence-electron chi connectivity index (χ2n) is 23.4. The van der Waals surface area contributed by atoms with Crippen molar-refractivity contribution < 1.29 is 28.6 Å². The Bertz CT molecular complexity index is 1350. The molecule has 0 fully saturated rings. The molecule has 0 aromatic carbocycles. The van der Waals surface area contributed by atoms with E-state index in [9.17, 15) is 14.4 Å². The lowest BCUT2D eigenvalue weighted by Crippen LogP contribution is -2.30. The molecule has 0 aliphatic rings. The van der Waals surface area contributed by atoms with Crippen LogP contribution in [-0.4, -0.2) is 37.2 Å². The Morgan fingerprint density at radius 1 is 0.269 bits per heavy atom. The molecule has 6 nitrogen and oxygen atoms in total. The normalized spacial score (nSPS) is 12.3. The Kier molecular flexibility index (Phi) is 64.6. The van der Waals surface area contributed by atoms with E-state index in [0.29, 0.717) is 19.3 Å². The number of esters is 3. The van der Waals surface area contributed by atoms with Gasteiger partial charge in [0.05, 0.1) is 0 Å². The van der Waals surface area contributed by atoms with E-state index in [1.165, 1.54) is 238 Å². The first kappa shape index (κ1) is 75.4. The molecule has 456 valence electrons. The van der Waals surface area contributed by atoms with Gasteiger partial charge in [0.1, 0.15) is 13.2 Å². The molecular formula is C72H132O6. The number of ether oxygens (including phenoxy) is 3. The molecule has 0 aliphatic carbocycles. The van der Waals surface area contributed by atoms with Crippen molar-refractivity contribution in [2.45, 2.75) is 380 Å². The summed E-state index contributed by atoms with van der Waals surface area (Å²) in [6.45, 7) is 6.58. The van der Waals surface area contributed by atoms with Crippen molar-refractivity contribution in [3.63, 3.8) is 0 Å². The summed E-state index contributed by atoms with van der Waals surface area (Å²) in [5.41, 5.74) is 0. The summed E-state index contributed by atoms with van der Waals surface area (Å²) < 4.78 is 17.0. The zero-order valence-corrected chi connectivity index (χ0v) is 52.5. The molecule has 0 aliphatic heterocycles. The molecule has 0 aromatic rings. The smallest absolute Gasteiger partial charge is 0.306 e. The zero-order chi connectivity index (χ0) is 56.4. The highest BCUT2D eigenvalue weighted by molar-refractivity contribution is 5.71. The summed E-state index contributed by atoms with van der Waals surface area (Å²) in [7, 11) is 0. The molecule has 6 heteroatoms. The van der Waals surface area contributed by atoms with Gasteiger partial charge in [0.25, 0.3) is 0 Å². The van der Waals surface area contributed by atoms with Crippen molar-refractivity contribution in [2.24, 2.45) is 0 Å². The molecule has 1 unspecified atom stereocenters. The van der Waals surface area contributed by atoms with E-state index in [0.717, 1.165) is 96.3 Å². The van der Waals surface area contributed by atoms with Crippen molar-refractivity contribution in [2.75, 3.05) is 13.2 Å². The summed E-state index contributed by atoms with van der Waals surface area (Å²) >= 11 is 0. The maximum absolute atomic E-state index is 12.9. The highest BCUT2D eigenvalue weighted by Crippen LogP contribution is 2.19. The highest BCUT2D eigenvalue weighted by Gasteiger charge is 2.19. The SMILES string of the molecule is CC/C=C\C/C=C\C/C=C\C/C=C\CCCCCCC(=O)OCC(COC(=O)CCCCCCCCCCCCCCCCCCCCCCCCCCC)OC(=O)CCCCCCCCCCCCCCCCCCCC. The predicted octanol–water partition coefficient (Wildman–Crippen LogP) is 23.7. The van der Waals surface area contributed by atoms with Crippen LogP contribution in [0.2, 0.25) is 0 Å². The van der Waals surface area contributed by atoms with Crippen molar-refractivity contribution in [3.8, 4) is 0 Å². The van der Waals surface area contributed by atoms with Crippen LogP contribution in [0.25, 0.3) is 0 Å². The summed E-state index contributed by atoms with van der Waals surface area (Å²) in [4.78, 5) is 38.4. The minimum absolute atomic E-state index is 0.0757. The molecule has 0 spiro atoms. The predicted molar refractivity (Wildman–Crippen MR) is 339 cm³/mol. The Labute approximate surface area is 486 Å². The fourth-order valence-electron chi connectivity index (χ4n) is 10.4.